The van der Waals surface area contributed by atoms with Gasteiger partial charge in [-0.2, -0.15) is 4.98 Å². The second-order valence-corrected chi connectivity index (χ2v) is 5.19. The molecule has 2 aromatic rings. The first-order valence-electron chi connectivity index (χ1n) is 7.07. The van der Waals surface area contributed by atoms with Gasteiger partial charge in [0.15, 0.2) is 5.82 Å². The smallest absolute Gasteiger partial charge is 0.226 e. The minimum absolute atomic E-state index is 0.259. The summed E-state index contributed by atoms with van der Waals surface area (Å²) in [5, 5.41) is 4.02. The van der Waals surface area contributed by atoms with Crippen molar-refractivity contribution in [1.29, 1.82) is 0 Å². The summed E-state index contributed by atoms with van der Waals surface area (Å²) in [4.78, 5) is 4.42. The Hall–Kier alpha value is -1.88. The van der Waals surface area contributed by atoms with Crippen LogP contribution >= 0.6 is 0 Å². The van der Waals surface area contributed by atoms with Crippen LogP contribution in [0.3, 0.4) is 0 Å². The van der Waals surface area contributed by atoms with Crippen molar-refractivity contribution < 1.29 is 9.26 Å². The third-order valence-electron chi connectivity index (χ3n) is 3.52. The fourth-order valence-corrected chi connectivity index (χ4v) is 2.48. The monoisotopic (exact) mass is 273 g/mol. The lowest BCUT2D eigenvalue weighted by molar-refractivity contribution is 0.109. The molecule has 1 aliphatic rings. The van der Waals surface area contributed by atoms with Gasteiger partial charge in [0.1, 0.15) is 0 Å². The molecule has 20 heavy (non-hydrogen) atoms. The molecule has 2 heterocycles. The Balaban J connectivity index is 1.54. The van der Waals surface area contributed by atoms with Crippen molar-refractivity contribution in [1.82, 2.24) is 10.1 Å². The minimum atomic E-state index is 0.259. The summed E-state index contributed by atoms with van der Waals surface area (Å²) in [6.07, 6.45) is 4.82. The highest BCUT2D eigenvalue weighted by Crippen LogP contribution is 2.16. The molecule has 1 unspecified atom stereocenters. The van der Waals surface area contributed by atoms with Crippen LogP contribution in [-0.2, 0) is 24.0 Å². The Morgan fingerprint density at radius 1 is 1.30 bits per heavy atom. The molecule has 0 aliphatic carbocycles. The van der Waals surface area contributed by atoms with Gasteiger partial charge in [-0.3, -0.25) is 0 Å². The first-order chi connectivity index (χ1) is 9.79. The molecule has 1 aromatic heterocycles. The SMILES string of the molecule is Nc1cccc(CCc2nc(CC3CCCO3)no2)c1. The van der Waals surface area contributed by atoms with Crippen molar-refractivity contribution in [3.63, 3.8) is 0 Å². The molecule has 1 aliphatic heterocycles. The zero-order valence-electron chi connectivity index (χ0n) is 11.4. The molecule has 1 fully saturated rings. The lowest BCUT2D eigenvalue weighted by Crippen LogP contribution is -2.09. The highest BCUT2D eigenvalue weighted by atomic mass is 16.5. The van der Waals surface area contributed by atoms with Gasteiger partial charge in [0, 0.05) is 25.1 Å². The average molecular weight is 273 g/mol. The van der Waals surface area contributed by atoms with Crippen LogP contribution in [-0.4, -0.2) is 22.9 Å². The lowest BCUT2D eigenvalue weighted by atomic mass is 10.1. The van der Waals surface area contributed by atoms with Crippen LogP contribution in [0.15, 0.2) is 28.8 Å². The first-order valence-corrected chi connectivity index (χ1v) is 7.07. The number of rotatable bonds is 5. The van der Waals surface area contributed by atoms with Gasteiger partial charge in [0.2, 0.25) is 5.89 Å². The third kappa shape index (κ3) is 3.36. The van der Waals surface area contributed by atoms with Crippen molar-refractivity contribution in [2.75, 3.05) is 12.3 Å². The first kappa shape index (κ1) is 13.1. The fourth-order valence-electron chi connectivity index (χ4n) is 2.48. The van der Waals surface area contributed by atoms with Crippen LogP contribution in [0.25, 0.3) is 0 Å². The molecule has 106 valence electrons. The summed E-state index contributed by atoms with van der Waals surface area (Å²) < 4.78 is 10.9. The van der Waals surface area contributed by atoms with E-state index in [9.17, 15) is 0 Å². The van der Waals surface area contributed by atoms with Gasteiger partial charge in [0.05, 0.1) is 6.10 Å². The zero-order chi connectivity index (χ0) is 13.8. The molecule has 0 amide bonds. The predicted molar refractivity (Wildman–Crippen MR) is 75.2 cm³/mol. The topological polar surface area (TPSA) is 74.2 Å². The number of hydrogen-bond donors (Lipinski definition) is 1. The van der Waals surface area contributed by atoms with E-state index in [1.54, 1.807) is 0 Å². The molecule has 1 aromatic carbocycles. The number of nitrogens with two attached hydrogens (primary N) is 1. The molecule has 2 N–H and O–H groups in total. The summed E-state index contributed by atoms with van der Waals surface area (Å²) in [5.74, 6) is 1.43. The zero-order valence-corrected chi connectivity index (χ0v) is 11.4. The minimum Gasteiger partial charge on any atom is -0.399 e. The molecule has 5 nitrogen and oxygen atoms in total. The number of benzene rings is 1. The number of aryl methyl sites for hydroxylation is 2. The Morgan fingerprint density at radius 3 is 3.05 bits per heavy atom. The molecular formula is C15H19N3O2. The Morgan fingerprint density at radius 2 is 2.25 bits per heavy atom. The van der Waals surface area contributed by atoms with Gasteiger partial charge in [-0.15, -0.1) is 0 Å². The van der Waals surface area contributed by atoms with E-state index in [2.05, 4.69) is 16.2 Å². The Labute approximate surface area is 118 Å². The Kier molecular flexibility index (Phi) is 3.97. The number of nitrogens with zero attached hydrogens (tertiary/aromatic N) is 2. The van der Waals surface area contributed by atoms with Gasteiger partial charge >= 0.3 is 0 Å². The maximum Gasteiger partial charge on any atom is 0.226 e. The van der Waals surface area contributed by atoms with Crippen LogP contribution in [0.4, 0.5) is 5.69 Å². The number of aromatic nitrogens is 2. The molecule has 1 atom stereocenters. The number of nitrogen functional groups attached to an aromatic ring is 1. The summed E-state index contributed by atoms with van der Waals surface area (Å²) in [6.45, 7) is 0.852. The van der Waals surface area contributed by atoms with Crippen molar-refractivity contribution >= 4 is 5.69 Å². The molecule has 0 radical (unpaired) electrons. The highest BCUT2D eigenvalue weighted by molar-refractivity contribution is 5.40. The van der Waals surface area contributed by atoms with E-state index >= 15 is 0 Å². The second-order valence-electron chi connectivity index (χ2n) is 5.19. The van der Waals surface area contributed by atoms with Crippen LogP contribution in [0.2, 0.25) is 0 Å². The van der Waals surface area contributed by atoms with E-state index in [0.29, 0.717) is 5.89 Å². The van der Waals surface area contributed by atoms with E-state index in [1.807, 2.05) is 18.2 Å². The van der Waals surface area contributed by atoms with Crippen molar-refractivity contribution in [2.24, 2.45) is 0 Å². The predicted octanol–water partition coefficient (Wildman–Crippen LogP) is 2.16. The summed E-state index contributed by atoms with van der Waals surface area (Å²) in [6, 6.07) is 7.88. The Bertz CT molecular complexity index is 562. The van der Waals surface area contributed by atoms with Crippen molar-refractivity contribution in [3.05, 3.63) is 41.5 Å². The molecule has 3 rings (SSSR count). The van der Waals surface area contributed by atoms with Crippen LogP contribution in [0.1, 0.15) is 30.1 Å². The van der Waals surface area contributed by atoms with Gasteiger partial charge in [0.25, 0.3) is 0 Å². The summed E-state index contributed by atoms with van der Waals surface area (Å²) >= 11 is 0. The quantitative estimate of drug-likeness (QED) is 0.845. The van der Waals surface area contributed by atoms with Crippen LogP contribution in [0.5, 0.6) is 0 Å². The van der Waals surface area contributed by atoms with Crippen molar-refractivity contribution in [3.8, 4) is 0 Å². The maximum absolute atomic E-state index is 5.76. The van der Waals surface area contributed by atoms with E-state index in [0.717, 1.165) is 50.2 Å². The number of anilines is 1. The number of ether oxygens (including phenoxy) is 1. The third-order valence-corrected chi connectivity index (χ3v) is 3.52. The van der Waals surface area contributed by atoms with Crippen LogP contribution in [0, 0.1) is 0 Å². The second kappa shape index (κ2) is 6.05. The fraction of sp³-hybridized carbons (Fsp3) is 0.467. The van der Waals surface area contributed by atoms with Gasteiger partial charge in [-0.05, 0) is 37.0 Å². The molecular weight excluding hydrogens is 254 g/mol. The summed E-state index contributed by atoms with van der Waals surface area (Å²) in [5.41, 5.74) is 7.73. The van der Waals surface area contributed by atoms with E-state index in [4.69, 9.17) is 15.0 Å². The van der Waals surface area contributed by atoms with Crippen molar-refractivity contribution in [2.45, 2.75) is 38.2 Å². The van der Waals surface area contributed by atoms with E-state index < -0.39 is 0 Å². The molecule has 0 spiro atoms. The standard InChI is InChI=1S/C15H19N3O2/c16-12-4-1-3-11(9-12)6-7-15-17-14(18-20-15)10-13-5-2-8-19-13/h1,3-4,9,13H,2,5-8,10,16H2. The molecule has 5 heteroatoms. The molecule has 0 saturated carbocycles. The van der Waals surface area contributed by atoms with E-state index in [1.165, 1.54) is 5.56 Å². The van der Waals surface area contributed by atoms with Gasteiger partial charge < -0.3 is 15.0 Å². The maximum atomic E-state index is 5.76. The average Bonchev–Trinajstić information content (AvgIpc) is 3.09. The van der Waals surface area contributed by atoms with E-state index in [-0.39, 0.29) is 6.10 Å². The summed E-state index contributed by atoms with van der Waals surface area (Å²) in [7, 11) is 0. The van der Waals surface area contributed by atoms with Gasteiger partial charge in [-0.25, -0.2) is 0 Å². The molecule has 1 saturated heterocycles. The highest BCUT2D eigenvalue weighted by Gasteiger charge is 2.18. The molecule has 0 bridgehead atoms. The number of hydrogen-bond acceptors (Lipinski definition) is 5. The lowest BCUT2D eigenvalue weighted by Gasteiger charge is -2.03. The largest absolute Gasteiger partial charge is 0.399 e. The van der Waals surface area contributed by atoms with Crippen LogP contribution < -0.4 is 5.73 Å². The van der Waals surface area contributed by atoms with Gasteiger partial charge in [-0.1, -0.05) is 17.3 Å². The normalized spacial score (nSPS) is 18.5.